The second-order valence-corrected chi connectivity index (χ2v) is 5.82. The molecule has 1 atom stereocenters. The molecule has 27 heavy (non-hydrogen) atoms. The third-order valence-electron chi connectivity index (χ3n) is 3.73. The highest BCUT2D eigenvalue weighted by molar-refractivity contribution is 5.96. The second-order valence-electron chi connectivity index (χ2n) is 5.82. The Kier molecular flexibility index (Phi) is 5.71. The summed E-state index contributed by atoms with van der Waals surface area (Å²) in [5.41, 5.74) is 1.02. The minimum atomic E-state index is -1.01. The van der Waals surface area contributed by atoms with Crippen LogP contribution in [0.1, 0.15) is 12.5 Å². The van der Waals surface area contributed by atoms with Crippen molar-refractivity contribution >= 4 is 23.6 Å². The molecule has 140 valence electrons. The zero-order chi connectivity index (χ0) is 19.2. The van der Waals surface area contributed by atoms with E-state index < -0.39 is 23.8 Å². The maximum absolute atomic E-state index is 13.1. The molecule has 2 aromatic carbocycles. The molecule has 3 rings (SSSR count). The summed E-state index contributed by atoms with van der Waals surface area (Å²) in [6, 6.07) is 10.8. The molecule has 1 N–H and O–H groups in total. The van der Waals surface area contributed by atoms with E-state index in [1.807, 2.05) is 0 Å². The van der Waals surface area contributed by atoms with Crippen LogP contribution in [-0.4, -0.2) is 31.2 Å². The van der Waals surface area contributed by atoms with Crippen LogP contribution in [0.15, 0.2) is 48.5 Å². The van der Waals surface area contributed by atoms with Gasteiger partial charge in [-0.05, 0) is 42.8 Å². The number of esters is 1. The van der Waals surface area contributed by atoms with Gasteiger partial charge in [-0.3, -0.25) is 4.79 Å². The van der Waals surface area contributed by atoms with Gasteiger partial charge in [0, 0.05) is 17.8 Å². The number of benzene rings is 2. The number of halogens is 1. The van der Waals surface area contributed by atoms with Gasteiger partial charge in [-0.25, -0.2) is 9.18 Å². The third-order valence-corrected chi connectivity index (χ3v) is 3.73. The Morgan fingerprint density at radius 3 is 2.70 bits per heavy atom. The number of amides is 1. The Bertz CT molecular complexity index is 880. The monoisotopic (exact) mass is 371 g/mol. The molecule has 0 spiro atoms. The van der Waals surface area contributed by atoms with Gasteiger partial charge in [0.1, 0.15) is 19.0 Å². The van der Waals surface area contributed by atoms with Crippen molar-refractivity contribution in [1.82, 2.24) is 0 Å². The predicted molar refractivity (Wildman–Crippen MR) is 97.0 cm³/mol. The van der Waals surface area contributed by atoms with Crippen molar-refractivity contribution in [3.63, 3.8) is 0 Å². The van der Waals surface area contributed by atoms with Gasteiger partial charge in [0.25, 0.3) is 5.91 Å². The van der Waals surface area contributed by atoms with Crippen LogP contribution in [-0.2, 0) is 14.3 Å². The topological polar surface area (TPSA) is 73.9 Å². The normalized spacial score (nSPS) is 13.9. The summed E-state index contributed by atoms with van der Waals surface area (Å²) in [5, 5.41) is 2.65. The molecule has 0 bridgehead atoms. The van der Waals surface area contributed by atoms with Crippen LogP contribution < -0.4 is 14.8 Å². The number of fused-ring (bicyclic) bond motifs is 1. The summed E-state index contributed by atoms with van der Waals surface area (Å²) >= 11 is 0. The van der Waals surface area contributed by atoms with Crippen LogP contribution in [0.25, 0.3) is 6.08 Å². The summed E-state index contributed by atoms with van der Waals surface area (Å²) in [6.45, 7) is 2.38. The highest BCUT2D eigenvalue weighted by Gasteiger charge is 2.18. The van der Waals surface area contributed by atoms with E-state index in [0.717, 1.165) is 6.08 Å². The van der Waals surface area contributed by atoms with Gasteiger partial charge in [-0.2, -0.15) is 0 Å². The quantitative estimate of drug-likeness (QED) is 0.646. The van der Waals surface area contributed by atoms with Crippen molar-refractivity contribution in [2.75, 3.05) is 18.5 Å². The van der Waals surface area contributed by atoms with Crippen molar-refractivity contribution in [3.05, 3.63) is 59.9 Å². The van der Waals surface area contributed by atoms with Crippen molar-refractivity contribution < 1.29 is 28.2 Å². The van der Waals surface area contributed by atoms with Crippen LogP contribution in [0.2, 0.25) is 0 Å². The first kappa shape index (κ1) is 18.4. The fourth-order valence-corrected chi connectivity index (χ4v) is 2.41. The standard InChI is InChI=1S/C20H18FNO5/c1-13(27-19(23)8-5-14-3-2-4-15(21)11-14)20(24)22-16-6-7-17-18(12-16)26-10-9-25-17/h2-8,11-13H,9-10H2,1H3,(H,22,24). The van der Waals surface area contributed by atoms with E-state index >= 15 is 0 Å². The lowest BCUT2D eigenvalue weighted by Crippen LogP contribution is -2.29. The minimum absolute atomic E-state index is 0.405. The molecular formula is C20H18FNO5. The number of hydrogen-bond donors (Lipinski definition) is 1. The van der Waals surface area contributed by atoms with E-state index in [2.05, 4.69) is 5.32 Å². The number of carbonyl (C=O) groups excluding carboxylic acids is 2. The molecule has 1 heterocycles. The van der Waals surface area contributed by atoms with Gasteiger partial charge < -0.3 is 19.5 Å². The van der Waals surface area contributed by atoms with Gasteiger partial charge in [0.15, 0.2) is 17.6 Å². The van der Waals surface area contributed by atoms with Gasteiger partial charge >= 0.3 is 5.97 Å². The number of hydrogen-bond acceptors (Lipinski definition) is 5. The minimum Gasteiger partial charge on any atom is -0.486 e. The smallest absolute Gasteiger partial charge is 0.331 e. The van der Waals surface area contributed by atoms with Crippen LogP contribution in [0.3, 0.4) is 0 Å². The third kappa shape index (κ3) is 5.07. The molecule has 1 unspecified atom stereocenters. The highest BCUT2D eigenvalue weighted by Crippen LogP contribution is 2.32. The largest absolute Gasteiger partial charge is 0.486 e. The molecular weight excluding hydrogens is 353 g/mol. The molecule has 6 nitrogen and oxygen atoms in total. The van der Waals surface area contributed by atoms with E-state index in [0.29, 0.717) is 36.0 Å². The first-order valence-corrected chi connectivity index (χ1v) is 8.36. The Morgan fingerprint density at radius 1 is 1.15 bits per heavy atom. The van der Waals surface area contributed by atoms with Crippen molar-refractivity contribution in [2.45, 2.75) is 13.0 Å². The van der Waals surface area contributed by atoms with E-state index in [-0.39, 0.29) is 0 Å². The Labute approximate surface area is 155 Å². The summed E-state index contributed by atoms with van der Waals surface area (Å²) in [7, 11) is 0. The Morgan fingerprint density at radius 2 is 1.93 bits per heavy atom. The number of carbonyl (C=O) groups is 2. The molecule has 0 aromatic heterocycles. The summed E-state index contributed by atoms with van der Waals surface area (Å²) in [4.78, 5) is 24.0. The Hall–Kier alpha value is -3.35. The molecule has 0 fully saturated rings. The first-order chi connectivity index (χ1) is 13.0. The Balaban J connectivity index is 1.55. The van der Waals surface area contributed by atoms with Gasteiger partial charge in [-0.1, -0.05) is 12.1 Å². The second kappa shape index (κ2) is 8.35. The van der Waals surface area contributed by atoms with E-state index in [1.165, 1.54) is 31.2 Å². The van der Waals surface area contributed by atoms with Crippen LogP contribution >= 0.6 is 0 Å². The highest BCUT2D eigenvalue weighted by atomic mass is 19.1. The number of rotatable bonds is 5. The maximum Gasteiger partial charge on any atom is 0.331 e. The summed E-state index contributed by atoms with van der Waals surface area (Å²) in [5.74, 6) is -0.441. The fraction of sp³-hybridized carbons (Fsp3) is 0.200. The van der Waals surface area contributed by atoms with Crippen molar-refractivity contribution in [2.24, 2.45) is 0 Å². The van der Waals surface area contributed by atoms with Gasteiger partial charge in [0.05, 0.1) is 0 Å². The molecule has 0 saturated heterocycles. The predicted octanol–water partition coefficient (Wildman–Crippen LogP) is 3.18. The lowest BCUT2D eigenvalue weighted by Gasteiger charge is -2.19. The molecule has 0 saturated carbocycles. The molecule has 2 aromatic rings. The van der Waals surface area contributed by atoms with Crippen LogP contribution in [0.5, 0.6) is 11.5 Å². The van der Waals surface area contributed by atoms with Crippen LogP contribution in [0, 0.1) is 5.82 Å². The zero-order valence-electron chi connectivity index (χ0n) is 14.6. The van der Waals surface area contributed by atoms with E-state index in [9.17, 15) is 14.0 Å². The van der Waals surface area contributed by atoms with E-state index in [1.54, 1.807) is 24.3 Å². The van der Waals surface area contributed by atoms with Gasteiger partial charge in [0.2, 0.25) is 0 Å². The number of ether oxygens (including phenoxy) is 3. The summed E-state index contributed by atoms with van der Waals surface area (Å²) in [6.07, 6.45) is 1.54. The maximum atomic E-state index is 13.1. The molecule has 0 aliphatic carbocycles. The lowest BCUT2D eigenvalue weighted by molar-refractivity contribution is -0.148. The number of nitrogens with one attached hydrogen (secondary N) is 1. The van der Waals surface area contributed by atoms with Crippen LogP contribution in [0.4, 0.5) is 10.1 Å². The molecule has 0 radical (unpaired) electrons. The van der Waals surface area contributed by atoms with Gasteiger partial charge in [-0.15, -0.1) is 0 Å². The molecule has 1 aliphatic rings. The van der Waals surface area contributed by atoms with E-state index in [4.69, 9.17) is 14.2 Å². The average Bonchev–Trinajstić information content (AvgIpc) is 2.66. The summed E-state index contributed by atoms with van der Waals surface area (Å²) < 4.78 is 29.0. The lowest BCUT2D eigenvalue weighted by atomic mass is 10.2. The molecule has 1 aliphatic heterocycles. The molecule has 1 amide bonds. The fourth-order valence-electron chi connectivity index (χ4n) is 2.41. The molecule has 7 heteroatoms. The number of anilines is 1. The average molecular weight is 371 g/mol. The van der Waals surface area contributed by atoms with Crippen molar-refractivity contribution in [1.29, 1.82) is 0 Å². The van der Waals surface area contributed by atoms with Crippen molar-refractivity contribution in [3.8, 4) is 11.5 Å². The SMILES string of the molecule is CC(OC(=O)C=Cc1cccc(F)c1)C(=O)Nc1ccc2c(c1)OCCO2. The first-order valence-electron chi connectivity index (χ1n) is 8.36. The zero-order valence-corrected chi connectivity index (χ0v) is 14.6.